The molecular formula is C20H14N4O2S. The lowest BCUT2D eigenvalue weighted by atomic mass is 10.1. The molecule has 2 N–H and O–H groups in total. The maximum absolute atomic E-state index is 12.2. The fourth-order valence-electron chi connectivity index (χ4n) is 2.57. The quantitative estimate of drug-likeness (QED) is 0.545. The second kappa shape index (κ2) is 7.43. The average Bonchev–Trinajstić information content (AvgIpc) is 3.06. The molecule has 0 bridgehead atoms. The molecule has 0 unspecified atom stereocenters. The fourth-order valence-corrected chi connectivity index (χ4v) is 3.35. The molecule has 0 saturated carbocycles. The molecule has 27 heavy (non-hydrogen) atoms. The Kier molecular flexibility index (Phi) is 4.67. The van der Waals surface area contributed by atoms with Gasteiger partial charge in [-0.1, -0.05) is 30.3 Å². The van der Waals surface area contributed by atoms with Crippen LogP contribution in [0.5, 0.6) is 0 Å². The molecule has 3 aromatic rings. The summed E-state index contributed by atoms with van der Waals surface area (Å²) in [4.78, 5) is 29.0. The second-order valence-electron chi connectivity index (χ2n) is 5.74. The predicted molar refractivity (Wildman–Crippen MR) is 107 cm³/mol. The minimum absolute atomic E-state index is 0.251. The van der Waals surface area contributed by atoms with Crippen molar-refractivity contribution in [3.63, 3.8) is 0 Å². The molecule has 0 atom stereocenters. The number of aromatic nitrogens is 1. The van der Waals surface area contributed by atoms with Crippen LogP contribution in [0.1, 0.15) is 15.9 Å². The first kappa shape index (κ1) is 17.0. The van der Waals surface area contributed by atoms with E-state index in [1.807, 2.05) is 36.4 Å². The number of nitrogens with one attached hydrogen (secondary N) is 2. The number of carbonyl (C=O) groups excluding carboxylic acids is 2. The Labute approximate surface area is 159 Å². The van der Waals surface area contributed by atoms with Crippen LogP contribution in [0.3, 0.4) is 0 Å². The molecule has 1 aliphatic rings. The van der Waals surface area contributed by atoms with E-state index >= 15 is 0 Å². The highest BCUT2D eigenvalue weighted by Gasteiger charge is 2.24. The van der Waals surface area contributed by atoms with Gasteiger partial charge < -0.3 is 0 Å². The Balaban J connectivity index is 1.49. The molecule has 6 nitrogen and oxygen atoms in total. The maximum atomic E-state index is 12.2. The Bertz CT molecular complexity index is 1090. The smallest absolute Gasteiger partial charge is 0.271 e. The topological polar surface area (TPSA) is 83.5 Å². The molecule has 132 valence electrons. The van der Waals surface area contributed by atoms with Gasteiger partial charge in [0.1, 0.15) is 0 Å². The third-order valence-electron chi connectivity index (χ3n) is 3.87. The van der Waals surface area contributed by atoms with Crippen molar-refractivity contribution in [1.82, 2.24) is 15.7 Å². The molecule has 0 spiro atoms. The summed E-state index contributed by atoms with van der Waals surface area (Å²) in [5.41, 5.74) is 4.73. The van der Waals surface area contributed by atoms with Crippen LogP contribution in [0.2, 0.25) is 0 Å². The third-order valence-corrected chi connectivity index (χ3v) is 4.78. The molecular weight excluding hydrogens is 360 g/mol. The fraction of sp³-hybridized carbons (Fsp3) is 0. The van der Waals surface area contributed by atoms with Gasteiger partial charge in [-0.15, -0.1) is 5.10 Å². The zero-order valence-corrected chi connectivity index (χ0v) is 14.9. The lowest BCUT2D eigenvalue weighted by molar-refractivity contribution is -0.115. The van der Waals surface area contributed by atoms with Gasteiger partial charge >= 0.3 is 0 Å². The van der Waals surface area contributed by atoms with Crippen LogP contribution < -0.4 is 10.7 Å². The van der Waals surface area contributed by atoms with Crippen molar-refractivity contribution in [2.24, 2.45) is 5.10 Å². The van der Waals surface area contributed by atoms with E-state index in [1.165, 1.54) is 11.8 Å². The lowest BCUT2D eigenvalue weighted by Gasteiger charge is -2.00. The van der Waals surface area contributed by atoms with Gasteiger partial charge in [-0.25, -0.2) is 5.43 Å². The number of hydrazone groups is 1. The van der Waals surface area contributed by atoms with E-state index in [1.54, 1.807) is 36.5 Å². The number of amidine groups is 1. The van der Waals surface area contributed by atoms with Crippen LogP contribution in [0.25, 0.3) is 17.0 Å². The zero-order chi connectivity index (χ0) is 18.6. The Hall–Kier alpha value is -3.45. The van der Waals surface area contributed by atoms with Crippen molar-refractivity contribution < 1.29 is 9.59 Å². The van der Waals surface area contributed by atoms with Crippen molar-refractivity contribution in [2.45, 2.75) is 0 Å². The number of pyridine rings is 1. The number of fused-ring (bicyclic) bond motifs is 1. The third kappa shape index (κ3) is 3.88. The van der Waals surface area contributed by atoms with Crippen LogP contribution in [-0.2, 0) is 4.79 Å². The summed E-state index contributed by atoms with van der Waals surface area (Å²) in [7, 11) is 0. The summed E-state index contributed by atoms with van der Waals surface area (Å²) < 4.78 is 0. The minimum Gasteiger partial charge on any atom is -0.299 e. The number of carbonyl (C=O) groups is 2. The molecule has 0 aliphatic carbocycles. The average molecular weight is 374 g/mol. The Morgan fingerprint density at radius 2 is 1.96 bits per heavy atom. The molecule has 0 radical (unpaired) electrons. The largest absolute Gasteiger partial charge is 0.299 e. The number of nitrogens with zero attached hydrogens (tertiary/aromatic N) is 2. The highest BCUT2D eigenvalue weighted by Crippen LogP contribution is 2.26. The Morgan fingerprint density at radius 1 is 1.11 bits per heavy atom. The van der Waals surface area contributed by atoms with Crippen molar-refractivity contribution in [3.05, 3.63) is 82.9 Å². The van der Waals surface area contributed by atoms with Crippen molar-refractivity contribution in [2.75, 3.05) is 0 Å². The van der Waals surface area contributed by atoms with E-state index in [-0.39, 0.29) is 11.8 Å². The summed E-state index contributed by atoms with van der Waals surface area (Å²) in [6.45, 7) is 0. The molecule has 4 rings (SSSR count). The van der Waals surface area contributed by atoms with Crippen molar-refractivity contribution in [1.29, 1.82) is 0 Å². The number of amides is 2. The van der Waals surface area contributed by atoms with Gasteiger partial charge in [-0.05, 0) is 53.7 Å². The molecule has 2 amide bonds. The van der Waals surface area contributed by atoms with Gasteiger partial charge in [-0.3, -0.25) is 19.9 Å². The van der Waals surface area contributed by atoms with E-state index < -0.39 is 0 Å². The standard InChI is InChI=1S/C20H14N4O2S/c25-18(14-5-2-1-3-6-14)23-24-20-22-19(26)17(27-20)12-13-8-9-16-15(11-13)7-4-10-21-16/h1-12H,(H,23,25)(H,22,24,26)/b17-12+. The van der Waals surface area contributed by atoms with Gasteiger partial charge in [0.2, 0.25) is 0 Å². The van der Waals surface area contributed by atoms with E-state index in [0.717, 1.165) is 16.5 Å². The van der Waals surface area contributed by atoms with Gasteiger partial charge in [0.05, 0.1) is 10.4 Å². The summed E-state index contributed by atoms with van der Waals surface area (Å²) in [5, 5.41) is 7.97. The van der Waals surface area contributed by atoms with Crippen LogP contribution in [0.4, 0.5) is 0 Å². The van der Waals surface area contributed by atoms with Crippen molar-refractivity contribution >= 4 is 45.7 Å². The molecule has 1 aliphatic heterocycles. The minimum atomic E-state index is -0.336. The van der Waals surface area contributed by atoms with Crippen molar-refractivity contribution in [3.8, 4) is 0 Å². The Morgan fingerprint density at radius 3 is 2.81 bits per heavy atom. The van der Waals surface area contributed by atoms with Gasteiger partial charge in [0.15, 0.2) is 5.17 Å². The van der Waals surface area contributed by atoms with E-state index in [0.29, 0.717) is 15.6 Å². The molecule has 1 saturated heterocycles. The summed E-state index contributed by atoms with van der Waals surface area (Å²) in [5.74, 6) is -0.587. The first-order valence-corrected chi connectivity index (χ1v) is 8.99. The molecule has 1 aromatic heterocycles. The van der Waals surface area contributed by atoms with Crippen LogP contribution >= 0.6 is 11.8 Å². The predicted octanol–water partition coefficient (Wildman–Crippen LogP) is 3.14. The summed E-state index contributed by atoms with van der Waals surface area (Å²) >= 11 is 1.18. The van der Waals surface area contributed by atoms with Crippen LogP contribution in [-0.4, -0.2) is 22.0 Å². The normalized spacial score (nSPS) is 16.7. The maximum Gasteiger partial charge on any atom is 0.271 e. The zero-order valence-electron chi connectivity index (χ0n) is 14.0. The van der Waals surface area contributed by atoms with Gasteiger partial charge in [0.25, 0.3) is 11.8 Å². The molecule has 7 heteroatoms. The highest BCUT2D eigenvalue weighted by molar-refractivity contribution is 8.18. The number of rotatable bonds is 3. The summed E-state index contributed by atoms with van der Waals surface area (Å²) in [6.07, 6.45) is 3.53. The number of benzene rings is 2. The molecule has 1 fully saturated rings. The molecule has 2 heterocycles. The number of hydrogen-bond donors (Lipinski definition) is 2. The van der Waals surface area contributed by atoms with Gasteiger partial charge in [0, 0.05) is 17.1 Å². The van der Waals surface area contributed by atoms with Crippen LogP contribution in [0, 0.1) is 0 Å². The van der Waals surface area contributed by atoms with E-state index in [9.17, 15) is 9.59 Å². The number of hydrogen-bond acceptors (Lipinski definition) is 5. The van der Waals surface area contributed by atoms with Crippen LogP contribution in [0.15, 0.2) is 76.9 Å². The summed E-state index contributed by atoms with van der Waals surface area (Å²) in [6, 6.07) is 18.4. The second-order valence-corrected chi connectivity index (χ2v) is 6.77. The van der Waals surface area contributed by atoms with Gasteiger partial charge in [-0.2, -0.15) is 0 Å². The van der Waals surface area contributed by atoms with E-state index in [4.69, 9.17) is 0 Å². The SMILES string of the molecule is O=C1N/C(=N\NC(=O)c2ccccc2)S/C1=C/c1ccc2ncccc2c1. The number of thioether (sulfide) groups is 1. The first-order valence-electron chi connectivity index (χ1n) is 8.18. The monoisotopic (exact) mass is 374 g/mol. The first-order chi connectivity index (χ1) is 13.2. The van der Waals surface area contributed by atoms with E-state index in [2.05, 4.69) is 20.8 Å². The lowest BCUT2D eigenvalue weighted by Crippen LogP contribution is -2.25. The molecule has 2 aromatic carbocycles. The highest BCUT2D eigenvalue weighted by atomic mass is 32.2.